The van der Waals surface area contributed by atoms with Crippen LogP contribution in [0.25, 0.3) is 0 Å². The number of carbonyl (C=O) groups is 1. The molecule has 1 amide bonds. The summed E-state index contributed by atoms with van der Waals surface area (Å²) in [6, 6.07) is 13.6. The lowest BCUT2D eigenvalue weighted by atomic mass is 9.81. The van der Waals surface area contributed by atoms with E-state index in [4.69, 9.17) is 4.74 Å². The zero-order valence-electron chi connectivity index (χ0n) is 17.3. The van der Waals surface area contributed by atoms with E-state index in [9.17, 15) is 13.2 Å². The van der Waals surface area contributed by atoms with E-state index in [0.29, 0.717) is 13.0 Å². The first-order valence-electron chi connectivity index (χ1n) is 10.5. The Kier molecular flexibility index (Phi) is 5.99. The lowest BCUT2D eigenvalue weighted by Gasteiger charge is -2.25. The first kappa shape index (κ1) is 20.7. The lowest BCUT2D eigenvalue weighted by Crippen LogP contribution is -2.37. The van der Waals surface area contributed by atoms with Gasteiger partial charge in [0, 0.05) is 19.5 Å². The maximum absolute atomic E-state index is 12.8. The number of hydrogen-bond acceptors (Lipinski definition) is 4. The van der Waals surface area contributed by atoms with Crippen molar-refractivity contribution in [1.82, 2.24) is 5.32 Å². The normalized spacial score (nSPS) is 17.9. The number of sulfonamides is 1. The molecule has 1 aliphatic heterocycles. The van der Waals surface area contributed by atoms with E-state index in [1.165, 1.54) is 15.4 Å². The monoisotopic (exact) mass is 428 g/mol. The predicted molar refractivity (Wildman–Crippen MR) is 118 cm³/mol. The van der Waals surface area contributed by atoms with Gasteiger partial charge in [-0.05, 0) is 66.5 Å². The van der Waals surface area contributed by atoms with Crippen LogP contribution in [0.3, 0.4) is 0 Å². The molecule has 0 radical (unpaired) electrons. The minimum atomic E-state index is -3.45. The summed E-state index contributed by atoms with van der Waals surface area (Å²) in [5, 5.41) is 2.82. The Morgan fingerprint density at radius 1 is 1.17 bits per heavy atom. The van der Waals surface area contributed by atoms with Gasteiger partial charge in [-0.1, -0.05) is 24.3 Å². The van der Waals surface area contributed by atoms with Crippen LogP contribution in [0.2, 0.25) is 0 Å². The molecule has 0 fully saturated rings. The molecule has 1 N–H and O–H groups in total. The number of ether oxygens (including phenoxy) is 1. The maximum Gasteiger partial charge on any atom is 0.236 e. The van der Waals surface area contributed by atoms with Crippen LogP contribution in [-0.2, 0) is 27.7 Å². The third-order valence-corrected chi connectivity index (χ3v) is 7.85. The Labute approximate surface area is 178 Å². The van der Waals surface area contributed by atoms with Crippen molar-refractivity contribution in [2.24, 2.45) is 0 Å². The molecule has 0 aromatic heterocycles. The fraction of sp³-hybridized carbons (Fsp3) is 0.435. The van der Waals surface area contributed by atoms with Gasteiger partial charge in [0.25, 0.3) is 0 Å². The number of nitrogens with zero attached hydrogens (tertiary/aromatic N) is 1. The quantitative estimate of drug-likeness (QED) is 0.736. The van der Waals surface area contributed by atoms with Gasteiger partial charge in [0.15, 0.2) is 0 Å². The highest BCUT2D eigenvalue weighted by Crippen LogP contribution is 2.35. The average Bonchev–Trinajstić information content (AvgIpc) is 3.18. The number of fused-ring (bicyclic) bond motifs is 2. The number of carbonyl (C=O) groups excluding carboxylic acids is 1. The minimum absolute atomic E-state index is 0.0917. The number of amides is 1. The zero-order chi connectivity index (χ0) is 21.1. The third kappa shape index (κ3) is 4.31. The molecule has 1 atom stereocenters. The Hall–Kier alpha value is -2.54. The van der Waals surface area contributed by atoms with E-state index in [-0.39, 0.29) is 24.1 Å². The first-order valence-corrected chi connectivity index (χ1v) is 12.1. The van der Waals surface area contributed by atoms with Crippen molar-refractivity contribution >= 4 is 21.6 Å². The molecule has 1 aliphatic carbocycles. The Morgan fingerprint density at radius 3 is 2.83 bits per heavy atom. The van der Waals surface area contributed by atoms with Crippen molar-refractivity contribution in [1.29, 1.82) is 0 Å². The van der Waals surface area contributed by atoms with Crippen LogP contribution in [0, 0.1) is 0 Å². The molecule has 1 heterocycles. The molecular formula is C23H28N2O4S. The highest BCUT2D eigenvalue weighted by Gasteiger charge is 2.29. The number of rotatable bonds is 7. The summed E-state index contributed by atoms with van der Waals surface area (Å²) in [4.78, 5) is 12.5. The van der Waals surface area contributed by atoms with Crippen LogP contribution < -0.4 is 14.4 Å². The standard InChI is InChI=1S/C23H28N2O4S/c1-29-20-9-10-21-18(15-20)6-4-7-19(21)16-23(26)24-12-14-30(27,28)25-13-11-17-5-2-3-8-22(17)25/h2-3,5,8-10,15,19H,4,6-7,11-14,16H2,1H3,(H,24,26). The summed E-state index contributed by atoms with van der Waals surface area (Å²) in [6.07, 6.45) is 4.12. The Balaban J connectivity index is 1.32. The fourth-order valence-electron chi connectivity index (χ4n) is 4.55. The molecule has 0 saturated heterocycles. The summed E-state index contributed by atoms with van der Waals surface area (Å²) in [5.74, 6) is 0.820. The third-order valence-electron chi connectivity index (χ3n) is 6.08. The van der Waals surface area contributed by atoms with Crippen LogP contribution in [0.4, 0.5) is 5.69 Å². The van der Waals surface area contributed by atoms with Gasteiger partial charge in [0.05, 0.1) is 18.6 Å². The van der Waals surface area contributed by atoms with E-state index in [1.807, 2.05) is 30.3 Å². The van der Waals surface area contributed by atoms with E-state index in [2.05, 4.69) is 17.4 Å². The van der Waals surface area contributed by atoms with E-state index >= 15 is 0 Å². The highest BCUT2D eigenvalue weighted by atomic mass is 32.2. The number of nitrogens with one attached hydrogen (secondary N) is 1. The molecule has 7 heteroatoms. The smallest absolute Gasteiger partial charge is 0.236 e. The van der Waals surface area contributed by atoms with Gasteiger partial charge in [0.1, 0.15) is 5.75 Å². The summed E-state index contributed by atoms with van der Waals surface area (Å²) < 4.78 is 32.3. The molecule has 2 aromatic rings. The second-order valence-corrected chi connectivity index (χ2v) is 9.99. The molecule has 160 valence electrons. The largest absolute Gasteiger partial charge is 0.497 e. The SMILES string of the molecule is COc1ccc2c(c1)CCCC2CC(=O)NCCS(=O)(=O)N1CCc2ccccc21. The van der Waals surface area contributed by atoms with Gasteiger partial charge in [-0.25, -0.2) is 8.42 Å². The molecule has 6 nitrogen and oxygen atoms in total. The van der Waals surface area contributed by atoms with Gasteiger partial charge < -0.3 is 10.1 Å². The second kappa shape index (κ2) is 8.68. The second-order valence-electron chi connectivity index (χ2n) is 7.97. The summed E-state index contributed by atoms with van der Waals surface area (Å²) >= 11 is 0. The number of aryl methyl sites for hydroxylation is 1. The Bertz CT molecular complexity index is 1040. The molecular weight excluding hydrogens is 400 g/mol. The van der Waals surface area contributed by atoms with Gasteiger partial charge >= 0.3 is 0 Å². The molecule has 2 aromatic carbocycles. The lowest BCUT2D eigenvalue weighted by molar-refractivity contribution is -0.121. The van der Waals surface area contributed by atoms with E-state index in [1.54, 1.807) is 7.11 Å². The highest BCUT2D eigenvalue weighted by molar-refractivity contribution is 7.92. The van der Waals surface area contributed by atoms with Crippen molar-refractivity contribution in [2.45, 2.75) is 38.0 Å². The number of anilines is 1. The summed E-state index contributed by atoms with van der Waals surface area (Å²) in [5.41, 5.74) is 4.27. The summed E-state index contributed by atoms with van der Waals surface area (Å²) in [7, 11) is -1.80. The van der Waals surface area contributed by atoms with Crippen LogP contribution in [-0.4, -0.2) is 40.3 Å². The molecule has 0 spiro atoms. The number of hydrogen-bond donors (Lipinski definition) is 1. The predicted octanol–water partition coefficient (Wildman–Crippen LogP) is 3.01. The fourth-order valence-corrected chi connectivity index (χ4v) is 5.98. The van der Waals surface area contributed by atoms with Crippen molar-refractivity contribution in [2.75, 3.05) is 30.3 Å². The van der Waals surface area contributed by atoms with Gasteiger partial charge in [0.2, 0.25) is 15.9 Å². The average molecular weight is 429 g/mol. The van der Waals surface area contributed by atoms with Crippen molar-refractivity contribution < 1.29 is 17.9 Å². The maximum atomic E-state index is 12.8. The molecule has 2 aliphatic rings. The van der Waals surface area contributed by atoms with Crippen LogP contribution in [0.15, 0.2) is 42.5 Å². The van der Waals surface area contributed by atoms with E-state index < -0.39 is 10.0 Å². The van der Waals surface area contributed by atoms with E-state index in [0.717, 1.165) is 42.7 Å². The van der Waals surface area contributed by atoms with Crippen LogP contribution in [0.5, 0.6) is 5.75 Å². The van der Waals surface area contributed by atoms with Gasteiger partial charge in [-0.2, -0.15) is 0 Å². The van der Waals surface area contributed by atoms with Gasteiger partial charge in [-0.3, -0.25) is 9.10 Å². The molecule has 4 rings (SSSR count). The Morgan fingerprint density at radius 2 is 2.00 bits per heavy atom. The number of para-hydroxylation sites is 1. The van der Waals surface area contributed by atoms with Crippen LogP contribution in [0.1, 0.15) is 41.9 Å². The van der Waals surface area contributed by atoms with Crippen molar-refractivity contribution in [3.8, 4) is 5.75 Å². The molecule has 0 bridgehead atoms. The van der Waals surface area contributed by atoms with Crippen molar-refractivity contribution in [3.63, 3.8) is 0 Å². The number of benzene rings is 2. The molecule has 0 saturated carbocycles. The number of methoxy groups -OCH3 is 1. The van der Waals surface area contributed by atoms with Crippen LogP contribution >= 0.6 is 0 Å². The minimum Gasteiger partial charge on any atom is -0.497 e. The van der Waals surface area contributed by atoms with Gasteiger partial charge in [-0.15, -0.1) is 0 Å². The summed E-state index contributed by atoms with van der Waals surface area (Å²) in [6.45, 7) is 0.597. The van der Waals surface area contributed by atoms with Crippen molar-refractivity contribution in [3.05, 3.63) is 59.2 Å². The topological polar surface area (TPSA) is 75.7 Å². The zero-order valence-corrected chi connectivity index (χ0v) is 18.1. The first-order chi connectivity index (χ1) is 14.5. The molecule has 1 unspecified atom stereocenters. The molecule has 30 heavy (non-hydrogen) atoms.